The Hall–Kier alpha value is -1.34. The van der Waals surface area contributed by atoms with Gasteiger partial charge in [-0.25, -0.2) is 8.42 Å². The van der Waals surface area contributed by atoms with Crippen molar-refractivity contribution in [2.24, 2.45) is 5.92 Å². The van der Waals surface area contributed by atoms with Crippen LogP contribution in [0.25, 0.3) is 0 Å². The van der Waals surface area contributed by atoms with Gasteiger partial charge in [0, 0.05) is 12.7 Å². The van der Waals surface area contributed by atoms with Gasteiger partial charge in [0.2, 0.25) is 0 Å². The molecule has 0 fully saturated rings. The molecule has 1 rings (SSSR count). The molecule has 3 nitrogen and oxygen atoms in total. The van der Waals surface area contributed by atoms with Crippen LogP contribution in [0.4, 0.5) is 0 Å². The van der Waals surface area contributed by atoms with Crippen molar-refractivity contribution in [2.45, 2.75) is 37.5 Å². The lowest BCUT2D eigenvalue weighted by molar-refractivity contribution is 0.450. The molecule has 0 bridgehead atoms. The molecule has 0 radical (unpaired) electrons. The average Bonchev–Trinajstić information content (AvgIpc) is 2.34. The number of benzene rings is 1. The summed E-state index contributed by atoms with van der Waals surface area (Å²) in [5, 5.41) is 8.88. The van der Waals surface area contributed by atoms with Gasteiger partial charge >= 0.3 is 0 Å². The molecule has 98 valence electrons. The highest BCUT2D eigenvalue weighted by atomic mass is 32.2. The number of sulfone groups is 1. The van der Waals surface area contributed by atoms with E-state index in [0.717, 1.165) is 12.0 Å². The summed E-state index contributed by atoms with van der Waals surface area (Å²) in [6.45, 7) is 4.21. The average molecular weight is 265 g/mol. The van der Waals surface area contributed by atoms with Gasteiger partial charge in [0.1, 0.15) is 0 Å². The lowest BCUT2D eigenvalue weighted by Crippen LogP contribution is -2.09. The SMILES string of the molecule is CCC(C)C(CC#N)c1ccc(S(C)(=O)=O)cc1. The highest BCUT2D eigenvalue weighted by Crippen LogP contribution is 2.30. The van der Waals surface area contributed by atoms with Gasteiger partial charge in [-0.1, -0.05) is 32.4 Å². The molecular formula is C14H19NO2S. The van der Waals surface area contributed by atoms with Crippen LogP contribution in [-0.2, 0) is 9.84 Å². The molecule has 0 aliphatic rings. The van der Waals surface area contributed by atoms with Gasteiger partial charge < -0.3 is 0 Å². The van der Waals surface area contributed by atoms with Crippen LogP contribution in [0, 0.1) is 17.2 Å². The summed E-state index contributed by atoms with van der Waals surface area (Å²) in [4.78, 5) is 0.325. The Balaban J connectivity index is 3.05. The van der Waals surface area contributed by atoms with E-state index in [2.05, 4.69) is 19.9 Å². The Labute approximate surface area is 109 Å². The van der Waals surface area contributed by atoms with Crippen LogP contribution in [0.1, 0.15) is 38.2 Å². The summed E-state index contributed by atoms with van der Waals surface area (Å²) in [5.41, 5.74) is 1.04. The maximum absolute atomic E-state index is 11.4. The van der Waals surface area contributed by atoms with Gasteiger partial charge in [0.15, 0.2) is 9.84 Å². The van der Waals surface area contributed by atoms with Crippen LogP contribution in [0.2, 0.25) is 0 Å². The van der Waals surface area contributed by atoms with Crippen molar-refractivity contribution in [1.29, 1.82) is 5.26 Å². The molecule has 2 atom stereocenters. The van der Waals surface area contributed by atoms with E-state index < -0.39 is 9.84 Å². The first kappa shape index (κ1) is 14.7. The van der Waals surface area contributed by atoms with Crippen LogP contribution in [0.5, 0.6) is 0 Å². The maximum Gasteiger partial charge on any atom is 0.175 e. The van der Waals surface area contributed by atoms with Crippen LogP contribution < -0.4 is 0 Å². The van der Waals surface area contributed by atoms with Gasteiger partial charge in [0.25, 0.3) is 0 Å². The molecule has 0 aliphatic heterocycles. The van der Waals surface area contributed by atoms with E-state index in [9.17, 15) is 8.42 Å². The van der Waals surface area contributed by atoms with E-state index in [4.69, 9.17) is 5.26 Å². The fourth-order valence-electron chi connectivity index (χ4n) is 1.99. The van der Waals surface area contributed by atoms with Gasteiger partial charge in [-0.3, -0.25) is 0 Å². The molecule has 1 aromatic rings. The lowest BCUT2D eigenvalue weighted by Gasteiger charge is -2.20. The first-order valence-corrected chi connectivity index (χ1v) is 7.96. The molecule has 1 aromatic carbocycles. The normalized spacial score (nSPS) is 14.8. The highest BCUT2D eigenvalue weighted by molar-refractivity contribution is 7.90. The molecular weight excluding hydrogens is 246 g/mol. The second kappa shape index (κ2) is 6.01. The van der Waals surface area contributed by atoms with Crippen LogP contribution in [0.3, 0.4) is 0 Å². The van der Waals surface area contributed by atoms with Crippen LogP contribution in [-0.4, -0.2) is 14.7 Å². The van der Waals surface area contributed by atoms with E-state index in [0.29, 0.717) is 17.2 Å². The molecule has 0 aromatic heterocycles. The van der Waals surface area contributed by atoms with Crippen molar-refractivity contribution in [3.8, 4) is 6.07 Å². The minimum Gasteiger partial charge on any atom is -0.224 e. The summed E-state index contributed by atoms with van der Waals surface area (Å²) in [7, 11) is -3.15. The second-order valence-corrected chi connectivity index (χ2v) is 6.71. The molecule has 0 amide bonds. The molecule has 18 heavy (non-hydrogen) atoms. The predicted octanol–water partition coefficient (Wildman–Crippen LogP) is 3.13. The van der Waals surface area contributed by atoms with Gasteiger partial charge in [-0.2, -0.15) is 5.26 Å². The van der Waals surface area contributed by atoms with Crippen LogP contribution >= 0.6 is 0 Å². The molecule has 4 heteroatoms. The van der Waals surface area contributed by atoms with Crippen molar-refractivity contribution in [1.82, 2.24) is 0 Å². The van der Waals surface area contributed by atoms with Crippen LogP contribution in [0.15, 0.2) is 29.2 Å². The third kappa shape index (κ3) is 3.58. The van der Waals surface area contributed by atoms with Crippen molar-refractivity contribution in [3.05, 3.63) is 29.8 Å². The third-order valence-corrected chi connectivity index (χ3v) is 4.51. The zero-order chi connectivity index (χ0) is 13.8. The summed E-state index contributed by atoms with van der Waals surface area (Å²) >= 11 is 0. The molecule has 2 unspecified atom stereocenters. The van der Waals surface area contributed by atoms with E-state index in [1.165, 1.54) is 6.26 Å². The van der Waals surface area contributed by atoms with E-state index in [1.54, 1.807) is 12.1 Å². The smallest absolute Gasteiger partial charge is 0.175 e. The number of nitriles is 1. The minimum atomic E-state index is -3.15. The fourth-order valence-corrected chi connectivity index (χ4v) is 2.62. The Kier molecular flexibility index (Phi) is 4.92. The molecule has 0 aliphatic carbocycles. The maximum atomic E-state index is 11.4. The third-order valence-electron chi connectivity index (χ3n) is 3.38. The molecule has 0 spiro atoms. The first-order chi connectivity index (χ1) is 8.40. The first-order valence-electron chi connectivity index (χ1n) is 6.07. The number of hydrogen-bond donors (Lipinski definition) is 0. The molecule has 0 saturated carbocycles. The zero-order valence-electron chi connectivity index (χ0n) is 11.1. The zero-order valence-corrected chi connectivity index (χ0v) is 11.9. The van der Waals surface area contributed by atoms with Gasteiger partial charge in [-0.05, 0) is 29.5 Å². The summed E-state index contributed by atoms with van der Waals surface area (Å²) in [6, 6.07) is 9.10. The molecule has 0 saturated heterocycles. The number of nitrogens with zero attached hydrogens (tertiary/aromatic N) is 1. The molecule has 0 heterocycles. The fraction of sp³-hybridized carbons (Fsp3) is 0.500. The number of rotatable bonds is 5. The molecule has 0 N–H and O–H groups in total. The predicted molar refractivity (Wildman–Crippen MR) is 72.0 cm³/mol. The summed E-state index contributed by atoms with van der Waals surface area (Å²) in [5.74, 6) is 0.586. The Morgan fingerprint density at radius 3 is 2.22 bits per heavy atom. The summed E-state index contributed by atoms with van der Waals surface area (Å²) in [6.07, 6.45) is 2.66. The quantitative estimate of drug-likeness (QED) is 0.821. The van der Waals surface area contributed by atoms with Gasteiger partial charge in [-0.15, -0.1) is 0 Å². The van der Waals surface area contributed by atoms with Crippen molar-refractivity contribution in [2.75, 3.05) is 6.26 Å². The van der Waals surface area contributed by atoms with Crippen molar-refractivity contribution in [3.63, 3.8) is 0 Å². The van der Waals surface area contributed by atoms with E-state index >= 15 is 0 Å². The van der Waals surface area contributed by atoms with Crippen molar-refractivity contribution >= 4 is 9.84 Å². The second-order valence-electron chi connectivity index (χ2n) is 4.70. The Morgan fingerprint density at radius 2 is 1.83 bits per heavy atom. The highest BCUT2D eigenvalue weighted by Gasteiger charge is 2.18. The topological polar surface area (TPSA) is 57.9 Å². The Morgan fingerprint density at radius 1 is 1.28 bits per heavy atom. The van der Waals surface area contributed by atoms with E-state index in [1.807, 2.05) is 12.1 Å². The monoisotopic (exact) mass is 265 g/mol. The largest absolute Gasteiger partial charge is 0.224 e. The lowest BCUT2D eigenvalue weighted by atomic mass is 9.84. The summed E-state index contributed by atoms with van der Waals surface area (Å²) < 4.78 is 22.8. The minimum absolute atomic E-state index is 0.175. The Bertz CT molecular complexity index is 526. The standard InChI is InChI=1S/C14H19NO2S/c1-4-11(2)14(9-10-15)12-5-7-13(8-6-12)18(3,16)17/h5-8,11,14H,4,9H2,1-3H3. The number of hydrogen-bond acceptors (Lipinski definition) is 3. The van der Waals surface area contributed by atoms with Crippen molar-refractivity contribution < 1.29 is 8.42 Å². The van der Waals surface area contributed by atoms with Gasteiger partial charge in [0.05, 0.1) is 11.0 Å². The van der Waals surface area contributed by atoms with E-state index in [-0.39, 0.29) is 5.92 Å².